The zero-order valence-corrected chi connectivity index (χ0v) is 18.8. The lowest BCUT2D eigenvalue weighted by atomic mass is 10.1. The van der Waals surface area contributed by atoms with Crippen LogP contribution in [-0.2, 0) is 35.5 Å². The molecule has 0 aliphatic heterocycles. The van der Waals surface area contributed by atoms with E-state index in [0.717, 1.165) is 58.6 Å². The Balaban J connectivity index is 1.29. The third-order valence-electron chi connectivity index (χ3n) is 5.39. The van der Waals surface area contributed by atoms with E-state index in [4.69, 9.17) is 9.47 Å². The lowest BCUT2D eigenvalue weighted by Crippen LogP contribution is -2.18. The van der Waals surface area contributed by atoms with Crippen molar-refractivity contribution >= 4 is 17.3 Å². The molecule has 168 valence electrons. The summed E-state index contributed by atoms with van der Waals surface area (Å²) in [6.45, 7) is 2.38. The van der Waals surface area contributed by atoms with Crippen LogP contribution < -0.4 is 9.61 Å². The highest BCUT2D eigenvalue weighted by Crippen LogP contribution is 2.30. The van der Waals surface area contributed by atoms with Gasteiger partial charge >= 0.3 is 10.8 Å². The van der Waals surface area contributed by atoms with E-state index in [0.29, 0.717) is 17.9 Å². The van der Waals surface area contributed by atoms with E-state index in [9.17, 15) is 14.7 Å². The summed E-state index contributed by atoms with van der Waals surface area (Å²) < 4.78 is 12.0. The van der Waals surface area contributed by atoms with E-state index in [2.05, 4.69) is 18.0 Å². The van der Waals surface area contributed by atoms with Crippen molar-refractivity contribution in [2.75, 3.05) is 6.61 Å². The van der Waals surface area contributed by atoms with E-state index < -0.39 is 0 Å². The van der Waals surface area contributed by atoms with Crippen LogP contribution in [0.3, 0.4) is 0 Å². The fraction of sp³-hybridized carbons (Fsp3) is 0.375. The number of hydrogen-bond donors (Lipinski definition) is 1. The van der Waals surface area contributed by atoms with Gasteiger partial charge in [0, 0.05) is 24.7 Å². The molecule has 8 heteroatoms. The van der Waals surface area contributed by atoms with Crippen molar-refractivity contribution in [2.45, 2.75) is 45.8 Å². The number of aromatic hydroxyl groups is 1. The molecule has 2 aromatic heterocycles. The number of pyridine rings is 1. The van der Waals surface area contributed by atoms with Crippen LogP contribution in [0.5, 0.6) is 11.6 Å². The monoisotopic (exact) mass is 454 g/mol. The van der Waals surface area contributed by atoms with Crippen LogP contribution in [0, 0.1) is 5.92 Å². The number of aryl methyl sites for hydroxylation is 1. The van der Waals surface area contributed by atoms with Gasteiger partial charge in [0.05, 0.1) is 17.4 Å². The van der Waals surface area contributed by atoms with Crippen molar-refractivity contribution in [3.8, 4) is 11.6 Å². The number of rotatable bonds is 10. The van der Waals surface area contributed by atoms with Crippen molar-refractivity contribution in [1.29, 1.82) is 0 Å². The van der Waals surface area contributed by atoms with Crippen LogP contribution in [-0.4, -0.2) is 27.2 Å². The van der Waals surface area contributed by atoms with Crippen LogP contribution in [0.15, 0.2) is 47.4 Å². The molecule has 0 radical (unpaired) electrons. The molecule has 0 amide bonds. The van der Waals surface area contributed by atoms with Crippen molar-refractivity contribution in [2.24, 2.45) is 5.92 Å². The van der Waals surface area contributed by atoms with E-state index in [-0.39, 0.29) is 29.4 Å². The predicted octanol–water partition coefficient (Wildman–Crippen LogP) is 3.70. The molecule has 1 aromatic carbocycles. The van der Waals surface area contributed by atoms with E-state index in [1.807, 2.05) is 36.5 Å². The van der Waals surface area contributed by atoms with Gasteiger partial charge in [0.15, 0.2) is 6.73 Å². The minimum Gasteiger partial charge on any atom is -0.494 e. The summed E-state index contributed by atoms with van der Waals surface area (Å²) in [5, 5.41) is 10.4. The molecule has 1 N–H and O–H groups in total. The number of carbonyl (C=O) groups is 1. The van der Waals surface area contributed by atoms with Crippen molar-refractivity contribution < 1.29 is 19.4 Å². The molecule has 0 bridgehead atoms. The molecular weight excluding hydrogens is 428 g/mol. The van der Waals surface area contributed by atoms with Crippen molar-refractivity contribution in [1.82, 2.24) is 9.55 Å². The molecule has 32 heavy (non-hydrogen) atoms. The number of esters is 1. The highest BCUT2D eigenvalue weighted by molar-refractivity contribution is 7.09. The Labute approximate surface area is 190 Å². The average molecular weight is 455 g/mol. The summed E-state index contributed by atoms with van der Waals surface area (Å²) in [5.74, 6) is 0.240. The fourth-order valence-corrected chi connectivity index (χ4v) is 4.11. The quantitative estimate of drug-likeness (QED) is 0.470. The molecule has 1 aliphatic carbocycles. The smallest absolute Gasteiger partial charge is 0.313 e. The largest absolute Gasteiger partial charge is 0.494 e. The first-order valence-corrected chi connectivity index (χ1v) is 11.6. The Bertz CT molecular complexity index is 1110. The number of carbonyl (C=O) groups excluding carboxylic acids is 1. The zero-order chi connectivity index (χ0) is 22.5. The summed E-state index contributed by atoms with van der Waals surface area (Å²) in [5.41, 5.74) is 3.15. The number of hydrogen-bond acceptors (Lipinski definition) is 7. The summed E-state index contributed by atoms with van der Waals surface area (Å²) in [4.78, 5) is 28.5. The van der Waals surface area contributed by atoms with Crippen LogP contribution in [0.4, 0.5) is 0 Å². The summed E-state index contributed by atoms with van der Waals surface area (Å²) in [6, 6.07) is 11.7. The second-order valence-electron chi connectivity index (χ2n) is 7.84. The van der Waals surface area contributed by atoms with Gasteiger partial charge in [-0.25, -0.2) is 4.57 Å². The maximum absolute atomic E-state index is 12.2. The SMILES string of the molecule is CCc1ccc(CCOc2ccc(Cc3sc(=O)n(COC(=O)C4CC4)c3O)cc2)nc1. The van der Waals surface area contributed by atoms with E-state index in [1.54, 1.807) is 0 Å². The number of ether oxygens (including phenoxy) is 2. The summed E-state index contributed by atoms with van der Waals surface area (Å²) in [7, 11) is 0. The average Bonchev–Trinajstić information content (AvgIpc) is 3.62. The second kappa shape index (κ2) is 9.99. The number of nitrogens with zero attached hydrogens (tertiary/aromatic N) is 2. The maximum atomic E-state index is 12.2. The molecule has 2 heterocycles. The number of benzene rings is 1. The molecular formula is C24H26N2O5S. The highest BCUT2D eigenvalue weighted by Gasteiger charge is 2.31. The Kier molecular flexibility index (Phi) is 6.90. The van der Waals surface area contributed by atoms with E-state index >= 15 is 0 Å². The minimum atomic E-state index is -0.346. The fourth-order valence-electron chi connectivity index (χ4n) is 3.21. The minimum absolute atomic E-state index is 0.0513. The molecule has 4 rings (SSSR count). The van der Waals surface area contributed by atoms with Crippen LogP contribution >= 0.6 is 11.3 Å². The highest BCUT2D eigenvalue weighted by atomic mass is 32.1. The van der Waals surface area contributed by atoms with Gasteiger partial charge in [-0.3, -0.25) is 14.6 Å². The van der Waals surface area contributed by atoms with Crippen LogP contribution in [0.1, 0.15) is 41.5 Å². The standard InChI is InChI=1S/C24H26N2O5S/c1-2-16-3-8-19(25-14-16)11-12-30-20-9-4-17(5-10-20)13-21-22(27)26(24(29)32-21)15-31-23(28)18-6-7-18/h3-5,8-10,14,18,27H,2,6-7,11-13,15H2,1H3. The number of thiazole rings is 1. The third kappa shape index (κ3) is 5.56. The Morgan fingerprint density at radius 2 is 1.94 bits per heavy atom. The molecule has 0 atom stereocenters. The normalized spacial score (nSPS) is 13.2. The zero-order valence-electron chi connectivity index (χ0n) is 18.0. The molecule has 1 fully saturated rings. The summed E-state index contributed by atoms with van der Waals surface area (Å²) >= 11 is 0.958. The van der Waals surface area contributed by atoms with Crippen molar-refractivity contribution in [3.05, 3.63) is 74.0 Å². The van der Waals surface area contributed by atoms with Gasteiger partial charge in [-0.1, -0.05) is 36.5 Å². The molecule has 1 aliphatic rings. The lowest BCUT2D eigenvalue weighted by molar-refractivity contribution is -0.149. The number of aromatic nitrogens is 2. The van der Waals surface area contributed by atoms with Gasteiger partial charge in [0.25, 0.3) is 0 Å². The second-order valence-corrected chi connectivity index (χ2v) is 8.89. The van der Waals surface area contributed by atoms with Crippen LogP contribution in [0.2, 0.25) is 0 Å². The van der Waals surface area contributed by atoms with Crippen LogP contribution in [0.25, 0.3) is 0 Å². The Morgan fingerprint density at radius 1 is 1.19 bits per heavy atom. The van der Waals surface area contributed by atoms with Gasteiger partial charge in [-0.2, -0.15) is 0 Å². The molecule has 3 aromatic rings. The van der Waals surface area contributed by atoms with Gasteiger partial charge < -0.3 is 14.6 Å². The first-order valence-electron chi connectivity index (χ1n) is 10.8. The van der Waals surface area contributed by atoms with Crippen molar-refractivity contribution in [3.63, 3.8) is 0 Å². The molecule has 0 unspecified atom stereocenters. The van der Waals surface area contributed by atoms with E-state index in [1.165, 1.54) is 5.56 Å². The first-order chi connectivity index (χ1) is 15.5. The molecule has 1 saturated carbocycles. The summed E-state index contributed by atoms with van der Waals surface area (Å²) in [6.07, 6.45) is 5.67. The van der Waals surface area contributed by atoms with Gasteiger partial charge in [-0.15, -0.1) is 0 Å². The first kappa shape index (κ1) is 22.1. The van der Waals surface area contributed by atoms with Gasteiger partial charge in [0.1, 0.15) is 5.75 Å². The maximum Gasteiger partial charge on any atom is 0.313 e. The Hall–Kier alpha value is -3.13. The van der Waals surface area contributed by atoms with Gasteiger partial charge in [-0.05, 0) is 48.6 Å². The molecule has 0 spiro atoms. The third-order valence-corrected chi connectivity index (χ3v) is 6.36. The molecule has 7 nitrogen and oxygen atoms in total. The topological polar surface area (TPSA) is 90.7 Å². The van der Waals surface area contributed by atoms with Gasteiger partial charge in [0.2, 0.25) is 5.88 Å². The Morgan fingerprint density at radius 3 is 2.59 bits per heavy atom. The predicted molar refractivity (Wildman–Crippen MR) is 121 cm³/mol. The lowest BCUT2D eigenvalue weighted by Gasteiger charge is -2.08. The molecule has 0 saturated heterocycles.